The van der Waals surface area contributed by atoms with Gasteiger partial charge in [-0.3, -0.25) is 24.7 Å². The first-order valence-electron chi connectivity index (χ1n) is 10.6. The van der Waals surface area contributed by atoms with Crippen molar-refractivity contribution >= 4 is 23.2 Å². The number of carbonyl (C=O) groups is 2. The van der Waals surface area contributed by atoms with Crippen LogP contribution < -0.4 is 4.74 Å². The molecule has 170 valence electrons. The molecule has 0 N–H and O–H groups in total. The van der Waals surface area contributed by atoms with E-state index >= 15 is 0 Å². The summed E-state index contributed by atoms with van der Waals surface area (Å²) in [6, 6.07) is 13.7. The van der Waals surface area contributed by atoms with Crippen LogP contribution in [0.2, 0.25) is 0 Å². The third-order valence-electron chi connectivity index (χ3n) is 6.37. The first kappa shape index (κ1) is 22.4. The highest BCUT2D eigenvalue weighted by Crippen LogP contribution is 2.47. The van der Waals surface area contributed by atoms with Gasteiger partial charge >= 0.3 is 5.97 Å². The van der Waals surface area contributed by atoms with Crippen LogP contribution in [-0.2, 0) is 14.3 Å². The van der Waals surface area contributed by atoms with Gasteiger partial charge in [0.2, 0.25) is 0 Å². The van der Waals surface area contributed by atoms with Gasteiger partial charge in [0, 0.05) is 41.5 Å². The third-order valence-corrected chi connectivity index (χ3v) is 6.37. The number of hydrogen-bond acceptors (Lipinski definition) is 7. The van der Waals surface area contributed by atoms with Gasteiger partial charge in [-0.2, -0.15) is 0 Å². The Labute approximate surface area is 191 Å². The minimum Gasteiger partial charge on any atom is -0.497 e. The number of esters is 1. The largest absolute Gasteiger partial charge is 0.497 e. The van der Waals surface area contributed by atoms with Crippen molar-refractivity contribution in [3.63, 3.8) is 0 Å². The Morgan fingerprint density at radius 1 is 1.09 bits per heavy atom. The molecule has 0 amide bonds. The van der Waals surface area contributed by atoms with E-state index in [1.54, 1.807) is 26.2 Å². The van der Waals surface area contributed by atoms with Crippen molar-refractivity contribution in [2.24, 2.45) is 10.9 Å². The summed E-state index contributed by atoms with van der Waals surface area (Å²) in [6.45, 7) is 1.73. The highest BCUT2D eigenvalue weighted by molar-refractivity contribution is 6.09. The molecule has 0 saturated carbocycles. The van der Waals surface area contributed by atoms with Crippen molar-refractivity contribution in [2.75, 3.05) is 14.2 Å². The van der Waals surface area contributed by atoms with Gasteiger partial charge in [-0.15, -0.1) is 0 Å². The van der Waals surface area contributed by atoms with Crippen molar-refractivity contribution in [3.05, 3.63) is 81.0 Å². The molecule has 1 aliphatic heterocycles. The summed E-state index contributed by atoms with van der Waals surface area (Å²) in [6.07, 6.45) is 0.795. The molecular weight excluding hydrogens is 424 g/mol. The van der Waals surface area contributed by atoms with Crippen molar-refractivity contribution in [1.29, 1.82) is 0 Å². The van der Waals surface area contributed by atoms with Gasteiger partial charge in [-0.25, -0.2) is 0 Å². The summed E-state index contributed by atoms with van der Waals surface area (Å²) in [5.41, 5.74) is 3.03. The summed E-state index contributed by atoms with van der Waals surface area (Å²) in [7, 11) is 2.88. The minimum atomic E-state index is -0.822. The highest BCUT2D eigenvalue weighted by atomic mass is 16.6. The Kier molecular flexibility index (Phi) is 6.09. The van der Waals surface area contributed by atoms with Crippen molar-refractivity contribution in [2.45, 2.75) is 31.6 Å². The number of nitrogens with zero attached hydrogens (tertiary/aromatic N) is 2. The average Bonchev–Trinajstić information content (AvgIpc) is 2.82. The Hall–Kier alpha value is -3.81. The van der Waals surface area contributed by atoms with Gasteiger partial charge < -0.3 is 9.47 Å². The van der Waals surface area contributed by atoms with E-state index in [-0.39, 0.29) is 23.8 Å². The summed E-state index contributed by atoms with van der Waals surface area (Å²) in [5.74, 6) is -1.47. The van der Waals surface area contributed by atoms with Gasteiger partial charge in [0.25, 0.3) is 5.69 Å². The van der Waals surface area contributed by atoms with Gasteiger partial charge in [0.05, 0.1) is 19.1 Å². The number of allylic oxidation sites excluding steroid dienone is 2. The van der Waals surface area contributed by atoms with Gasteiger partial charge in [0.1, 0.15) is 11.7 Å². The first-order valence-corrected chi connectivity index (χ1v) is 10.6. The smallest absolute Gasteiger partial charge is 0.315 e. The van der Waals surface area contributed by atoms with Gasteiger partial charge in [0.15, 0.2) is 5.78 Å². The Morgan fingerprint density at radius 3 is 2.45 bits per heavy atom. The first-order chi connectivity index (χ1) is 15.8. The maximum atomic E-state index is 13.5. The van der Waals surface area contributed by atoms with Crippen molar-refractivity contribution < 1.29 is 24.0 Å². The SMILES string of the molecule is COC(=O)C1C(C)=NC2=C(C(=O)C[C@@H](c3ccc(OC)cc3)C2)[C@H]1c1cccc([N+](=O)[O-])c1. The number of ketones is 1. The third kappa shape index (κ3) is 4.16. The molecule has 8 heteroatoms. The molecule has 2 aliphatic rings. The van der Waals surface area contributed by atoms with E-state index < -0.39 is 22.7 Å². The van der Waals surface area contributed by atoms with E-state index in [0.717, 1.165) is 11.3 Å². The zero-order chi connectivity index (χ0) is 23.7. The lowest BCUT2D eigenvalue weighted by molar-refractivity contribution is -0.384. The molecule has 2 aromatic rings. The number of carbonyl (C=O) groups excluding carboxylic acids is 2. The molecule has 1 heterocycles. The van der Waals surface area contributed by atoms with Crippen LogP contribution in [0.4, 0.5) is 5.69 Å². The van der Waals surface area contributed by atoms with Crippen LogP contribution in [0.5, 0.6) is 5.75 Å². The number of non-ortho nitro benzene ring substituents is 1. The highest BCUT2D eigenvalue weighted by Gasteiger charge is 2.44. The second kappa shape index (κ2) is 8.97. The predicted molar refractivity (Wildman–Crippen MR) is 121 cm³/mol. The number of methoxy groups -OCH3 is 2. The zero-order valence-electron chi connectivity index (χ0n) is 18.6. The monoisotopic (exact) mass is 448 g/mol. The zero-order valence-corrected chi connectivity index (χ0v) is 18.6. The van der Waals surface area contributed by atoms with Gasteiger partial charge in [-0.1, -0.05) is 24.3 Å². The van der Waals surface area contributed by atoms with Crippen LogP contribution in [-0.4, -0.2) is 36.6 Å². The number of nitro benzene ring substituents is 1. The fourth-order valence-electron chi connectivity index (χ4n) is 4.80. The lowest BCUT2D eigenvalue weighted by atomic mass is 9.69. The number of ether oxygens (including phenoxy) is 2. The Balaban J connectivity index is 1.80. The fourth-order valence-corrected chi connectivity index (χ4v) is 4.80. The number of Topliss-reactive ketones (excluding diaryl/α,β-unsaturated/α-hetero) is 1. The van der Waals surface area contributed by atoms with Crippen LogP contribution >= 0.6 is 0 Å². The summed E-state index contributed by atoms with van der Waals surface area (Å²) in [5, 5.41) is 11.4. The number of benzene rings is 2. The number of nitro groups is 1. The standard InChI is InChI=1S/C25H24N2O6/c1-14-22(25(29)33-3)23(16-5-4-6-18(11-16)27(30)31)24-20(26-14)12-17(13-21(24)28)15-7-9-19(32-2)10-8-15/h4-11,17,22-23H,12-13H2,1-3H3/t17-,22?,23-/m0/s1. The summed E-state index contributed by atoms with van der Waals surface area (Å²) in [4.78, 5) is 41.7. The van der Waals surface area contributed by atoms with Crippen LogP contribution in [0, 0.1) is 16.0 Å². The minimum absolute atomic E-state index is 0.0563. The summed E-state index contributed by atoms with van der Waals surface area (Å²) >= 11 is 0. The molecule has 1 aliphatic carbocycles. The number of aliphatic imine (C=N–C) groups is 1. The molecule has 0 bridgehead atoms. The number of rotatable bonds is 5. The predicted octanol–water partition coefficient (Wildman–Crippen LogP) is 4.35. The molecule has 0 radical (unpaired) electrons. The molecule has 4 rings (SSSR count). The van der Waals surface area contributed by atoms with E-state index in [1.807, 2.05) is 24.3 Å². The van der Waals surface area contributed by atoms with E-state index in [0.29, 0.717) is 29.0 Å². The second-order valence-electron chi connectivity index (χ2n) is 8.25. The molecule has 3 atom stereocenters. The van der Waals surface area contributed by atoms with Crippen LogP contribution in [0.25, 0.3) is 0 Å². The molecule has 0 aromatic heterocycles. The van der Waals surface area contributed by atoms with Crippen LogP contribution in [0.3, 0.4) is 0 Å². The molecular formula is C25H24N2O6. The lowest BCUT2D eigenvalue weighted by Crippen LogP contribution is -2.37. The maximum absolute atomic E-state index is 13.5. The van der Waals surface area contributed by atoms with Crippen LogP contribution in [0.15, 0.2) is 64.8 Å². The van der Waals surface area contributed by atoms with Crippen molar-refractivity contribution in [3.8, 4) is 5.75 Å². The second-order valence-corrected chi connectivity index (χ2v) is 8.25. The summed E-state index contributed by atoms with van der Waals surface area (Å²) < 4.78 is 10.2. The molecule has 33 heavy (non-hydrogen) atoms. The Morgan fingerprint density at radius 2 is 1.82 bits per heavy atom. The Bertz CT molecular complexity index is 1180. The molecule has 8 nitrogen and oxygen atoms in total. The molecule has 0 fully saturated rings. The molecule has 1 unspecified atom stereocenters. The molecule has 0 spiro atoms. The quantitative estimate of drug-likeness (QED) is 0.382. The normalized spacial score (nSPS) is 22.3. The topological polar surface area (TPSA) is 108 Å². The van der Waals surface area contributed by atoms with Crippen molar-refractivity contribution in [1.82, 2.24) is 0 Å². The van der Waals surface area contributed by atoms with E-state index in [4.69, 9.17) is 9.47 Å². The molecule has 0 saturated heterocycles. The van der Waals surface area contributed by atoms with E-state index in [2.05, 4.69) is 4.99 Å². The van der Waals surface area contributed by atoms with Gasteiger partial charge in [-0.05, 0) is 42.5 Å². The van der Waals surface area contributed by atoms with Crippen LogP contribution in [0.1, 0.15) is 42.7 Å². The lowest BCUT2D eigenvalue weighted by Gasteiger charge is -2.36. The molecule has 2 aromatic carbocycles. The fraction of sp³-hybridized carbons (Fsp3) is 0.320. The number of hydrogen-bond donors (Lipinski definition) is 0. The van der Waals surface area contributed by atoms with E-state index in [1.165, 1.54) is 19.2 Å². The van der Waals surface area contributed by atoms with E-state index in [9.17, 15) is 19.7 Å². The average molecular weight is 448 g/mol. The maximum Gasteiger partial charge on any atom is 0.315 e.